The number of hydrogen-bond donors (Lipinski definition) is 1. The third-order valence-corrected chi connectivity index (χ3v) is 4.22. The molecule has 0 spiro atoms. The van der Waals surface area contributed by atoms with Gasteiger partial charge < -0.3 is 24.8 Å². The fourth-order valence-electron chi connectivity index (χ4n) is 2.98. The third kappa shape index (κ3) is 3.81. The number of benzene rings is 1. The minimum atomic E-state index is -1.60. The highest BCUT2D eigenvalue weighted by Crippen LogP contribution is 2.34. The Morgan fingerprint density at radius 2 is 1.93 bits per heavy atom. The van der Waals surface area contributed by atoms with Crippen LogP contribution < -0.4 is 15.5 Å². The van der Waals surface area contributed by atoms with Gasteiger partial charge in [-0.25, -0.2) is 27.6 Å². The van der Waals surface area contributed by atoms with Gasteiger partial charge in [0.2, 0.25) is 6.10 Å². The van der Waals surface area contributed by atoms with Crippen molar-refractivity contribution in [3.8, 4) is 0 Å². The van der Waals surface area contributed by atoms with Crippen molar-refractivity contribution >= 4 is 29.5 Å². The Morgan fingerprint density at radius 1 is 1.18 bits per heavy atom. The highest BCUT2D eigenvalue weighted by Gasteiger charge is 2.41. The third-order valence-electron chi connectivity index (χ3n) is 4.22. The van der Waals surface area contributed by atoms with E-state index in [0.29, 0.717) is 24.0 Å². The van der Waals surface area contributed by atoms with Crippen LogP contribution in [0.5, 0.6) is 0 Å². The SMILES string of the molecule is NC(=O)OC(=O)C1CN(c2cc(F)c(N3CCCOCC3)c(F)c2F)C(=O)O1. The smallest absolute Gasteiger partial charge is 0.415 e. The van der Waals surface area contributed by atoms with Gasteiger partial charge in [-0.15, -0.1) is 0 Å². The van der Waals surface area contributed by atoms with E-state index in [2.05, 4.69) is 9.47 Å². The molecule has 1 aromatic carbocycles. The lowest BCUT2D eigenvalue weighted by Gasteiger charge is -2.25. The lowest BCUT2D eigenvalue weighted by Crippen LogP contribution is -2.33. The maximum absolute atomic E-state index is 14.6. The highest BCUT2D eigenvalue weighted by molar-refractivity contribution is 5.96. The number of cyclic esters (lactones) is 1. The van der Waals surface area contributed by atoms with Crippen LogP contribution in [0, 0.1) is 17.5 Å². The van der Waals surface area contributed by atoms with E-state index in [0.717, 1.165) is 0 Å². The largest absolute Gasteiger partial charge is 0.432 e. The average Bonchev–Trinajstić information content (AvgIpc) is 2.83. The zero-order valence-electron chi connectivity index (χ0n) is 14.5. The molecule has 0 aliphatic carbocycles. The molecule has 28 heavy (non-hydrogen) atoms. The lowest BCUT2D eigenvalue weighted by atomic mass is 10.2. The summed E-state index contributed by atoms with van der Waals surface area (Å²) in [4.78, 5) is 36.0. The van der Waals surface area contributed by atoms with E-state index < -0.39 is 59.6 Å². The molecule has 1 atom stereocenters. The molecule has 1 aromatic rings. The first-order valence-corrected chi connectivity index (χ1v) is 8.29. The fourth-order valence-corrected chi connectivity index (χ4v) is 2.98. The highest BCUT2D eigenvalue weighted by atomic mass is 19.2. The average molecular weight is 403 g/mol. The summed E-state index contributed by atoms with van der Waals surface area (Å²) in [5, 5.41) is 0. The van der Waals surface area contributed by atoms with Crippen molar-refractivity contribution in [1.82, 2.24) is 0 Å². The van der Waals surface area contributed by atoms with Crippen LogP contribution >= 0.6 is 0 Å². The number of amides is 2. The Labute approximate surface area is 156 Å². The van der Waals surface area contributed by atoms with Crippen LogP contribution in [-0.4, -0.2) is 57.1 Å². The van der Waals surface area contributed by atoms with Gasteiger partial charge in [-0.05, 0) is 6.42 Å². The molecule has 152 valence electrons. The maximum atomic E-state index is 14.6. The summed E-state index contributed by atoms with van der Waals surface area (Å²) >= 11 is 0. The van der Waals surface area contributed by atoms with Crippen molar-refractivity contribution in [3.05, 3.63) is 23.5 Å². The quantitative estimate of drug-likeness (QED) is 0.460. The van der Waals surface area contributed by atoms with E-state index in [1.54, 1.807) is 0 Å². The molecular formula is C16H16F3N3O6. The predicted molar refractivity (Wildman–Crippen MR) is 87.3 cm³/mol. The van der Waals surface area contributed by atoms with Crippen molar-refractivity contribution in [2.45, 2.75) is 12.5 Å². The predicted octanol–water partition coefficient (Wildman–Crippen LogP) is 1.28. The number of carbonyl (C=O) groups excluding carboxylic acids is 3. The summed E-state index contributed by atoms with van der Waals surface area (Å²) in [5.41, 5.74) is 3.38. The van der Waals surface area contributed by atoms with Crippen LogP contribution in [0.25, 0.3) is 0 Å². The normalized spacial score (nSPS) is 20.0. The van der Waals surface area contributed by atoms with Crippen molar-refractivity contribution in [2.24, 2.45) is 5.73 Å². The Bertz CT molecular complexity index is 813. The Kier molecular flexibility index (Phi) is 5.58. The van der Waals surface area contributed by atoms with Gasteiger partial charge in [0.25, 0.3) is 0 Å². The van der Waals surface area contributed by atoms with Crippen LogP contribution in [0.1, 0.15) is 6.42 Å². The monoisotopic (exact) mass is 403 g/mol. The van der Waals surface area contributed by atoms with Gasteiger partial charge in [-0.3, -0.25) is 4.90 Å². The molecule has 2 fully saturated rings. The van der Waals surface area contributed by atoms with Gasteiger partial charge in [-0.1, -0.05) is 0 Å². The van der Waals surface area contributed by atoms with E-state index in [1.165, 1.54) is 4.90 Å². The molecule has 1 unspecified atom stereocenters. The Hall–Kier alpha value is -3.02. The number of nitrogens with zero attached hydrogens (tertiary/aromatic N) is 2. The first-order chi connectivity index (χ1) is 13.3. The molecule has 0 saturated carbocycles. The summed E-state index contributed by atoms with van der Waals surface area (Å²) in [5.74, 6) is -5.34. The summed E-state index contributed by atoms with van der Waals surface area (Å²) in [6.07, 6.45) is -3.76. The number of primary amides is 1. The zero-order valence-corrected chi connectivity index (χ0v) is 14.5. The minimum Gasteiger partial charge on any atom is -0.432 e. The number of nitrogens with two attached hydrogens (primary N) is 1. The molecule has 2 aliphatic rings. The van der Waals surface area contributed by atoms with Crippen molar-refractivity contribution < 1.29 is 41.8 Å². The summed E-state index contributed by atoms with van der Waals surface area (Å²) in [6, 6.07) is 0.641. The van der Waals surface area contributed by atoms with Crippen molar-refractivity contribution in [1.29, 1.82) is 0 Å². The van der Waals surface area contributed by atoms with E-state index in [9.17, 15) is 27.6 Å². The summed E-state index contributed by atoms with van der Waals surface area (Å²) in [7, 11) is 0. The molecule has 9 nitrogen and oxygen atoms in total. The van der Waals surface area contributed by atoms with E-state index in [4.69, 9.17) is 10.5 Å². The van der Waals surface area contributed by atoms with Crippen LogP contribution in [0.2, 0.25) is 0 Å². The number of rotatable bonds is 3. The van der Waals surface area contributed by atoms with Crippen molar-refractivity contribution in [3.63, 3.8) is 0 Å². The van der Waals surface area contributed by atoms with E-state index in [-0.39, 0.29) is 19.7 Å². The van der Waals surface area contributed by atoms with Crippen LogP contribution in [0.15, 0.2) is 6.07 Å². The Morgan fingerprint density at radius 3 is 2.64 bits per heavy atom. The number of hydrogen-bond acceptors (Lipinski definition) is 7. The first kappa shape index (κ1) is 19.7. The van der Waals surface area contributed by atoms with Crippen LogP contribution in [0.3, 0.4) is 0 Å². The molecule has 3 rings (SSSR count). The first-order valence-electron chi connectivity index (χ1n) is 8.29. The van der Waals surface area contributed by atoms with E-state index in [1.807, 2.05) is 0 Å². The standard InChI is InChI=1S/C16H16F3N3O6/c17-8-6-9(22-7-10(27-16(22)25)14(23)28-15(20)24)11(18)12(19)13(8)21-2-1-4-26-5-3-21/h6,10H,1-5,7H2,(H2,20,24). The number of halogens is 3. The number of anilines is 2. The molecule has 2 aliphatic heterocycles. The zero-order chi connectivity index (χ0) is 20.4. The molecule has 0 bridgehead atoms. The molecule has 0 radical (unpaired) electrons. The number of esters is 1. The molecule has 2 saturated heterocycles. The Balaban J connectivity index is 1.88. The van der Waals surface area contributed by atoms with Gasteiger partial charge in [0.1, 0.15) is 5.69 Å². The second-order valence-electron chi connectivity index (χ2n) is 6.03. The van der Waals surface area contributed by atoms with Gasteiger partial charge in [-0.2, -0.15) is 0 Å². The van der Waals surface area contributed by atoms with Gasteiger partial charge in [0.15, 0.2) is 17.5 Å². The summed E-state index contributed by atoms with van der Waals surface area (Å²) in [6.45, 7) is 0.462. The molecule has 0 aromatic heterocycles. The molecule has 12 heteroatoms. The second kappa shape index (κ2) is 7.92. The second-order valence-corrected chi connectivity index (χ2v) is 6.03. The topological polar surface area (TPSA) is 111 Å². The van der Waals surface area contributed by atoms with Gasteiger partial charge in [0.05, 0.1) is 18.8 Å². The molecular weight excluding hydrogens is 387 g/mol. The maximum Gasteiger partial charge on any atom is 0.415 e. The molecule has 2 amide bonds. The van der Waals surface area contributed by atoms with Gasteiger partial charge in [0, 0.05) is 25.8 Å². The molecule has 2 N–H and O–H groups in total. The van der Waals surface area contributed by atoms with Crippen LogP contribution in [0.4, 0.5) is 34.1 Å². The van der Waals surface area contributed by atoms with Crippen molar-refractivity contribution in [2.75, 3.05) is 42.6 Å². The lowest BCUT2D eigenvalue weighted by molar-refractivity contribution is -0.144. The molecule has 2 heterocycles. The van der Waals surface area contributed by atoms with Gasteiger partial charge >= 0.3 is 18.2 Å². The number of ether oxygens (including phenoxy) is 3. The van der Waals surface area contributed by atoms with Crippen LogP contribution in [-0.2, 0) is 19.0 Å². The van der Waals surface area contributed by atoms with E-state index >= 15 is 0 Å². The fraction of sp³-hybridized carbons (Fsp3) is 0.438. The summed E-state index contributed by atoms with van der Waals surface area (Å²) < 4.78 is 57.8. The number of carbonyl (C=O) groups is 3. The minimum absolute atomic E-state index is 0.166.